The number of nitrogens with one attached hydrogen (secondary N) is 1. The Morgan fingerprint density at radius 1 is 1.25 bits per heavy atom. The average Bonchev–Trinajstić information content (AvgIpc) is 2.47. The van der Waals surface area contributed by atoms with E-state index in [1.807, 2.05) is 30.3 Å². The van der Waals surface area contributed by atoms with Crippen molar-refractivity contribution in [1.29, 1.82) is 0 Å². The highest BCUT2D eigenvalue weighted by molar-refractivity contribution is 5.84. The first-order valence-electron chi connectivity index (χ1n) is 6.78. The molecule has 5 nitrogen and oxygen atoms in total. The van der Waals surface area contributed by atoms with Crippen LogP contribution in [0.15, 0.2) is 30.3 Å². The Bertz CT molecular complexity index is 420. The minimum absolute atomic E-state index is 0.148. The van der Waals surface area contributed by atoms with Gasteiger partial charge < -0.3 is 15.8 Å². The van der Waals surface area contributed by atoms with Crippen molar-refractivity contribution >= 4 is 11.9 Å². The molecule has 1 unspecified atom stereocenters. The van der Waals surface area contributed by atoms with Gasteiger partial charge in [0.05, 0.1) is 7.11 Å². The van der Waals surface area contributed by atoms with Gasteiger partial charge in [-0.2, -0.15) is 0 Å². The Morgan fingerprint density at radius 3 is 2.55 bits per heavy atom. The molecule has 1 amide bonds. The highest BCUT2D eigenvalue weighted by Crippen LogP contribution is 2.05. The van der Waals surface area contributed by atoms with Crippen LogP contribution in [0.3, 0.4) is 0 Å². The Balaban J connectivity index is 2.56. The summed E-state index contributed by atoms with van der Waals surface area (Å²) in [7, 11) is 1.32. The first-order valence-corrected chi connectivity index (χ1v) is 6.78. The van der Waals surface area contributed by atoms with Crippen LogP contribution >= 0.6 is 0 Å². The second-order valence-corrected chi connectivity index (χ2v) is 4.58. The molecule has 3 N–H and O–H groups in total. The maximum absolute atomic E-state index is 11.8. The number of hydrogen-bond acceptors (Lipinski definition) is 4. The van der Waals surface area contributed by atoms with Gasteiger partial charge in [-0.05, 0) is 24.9 Å². The molecular weight excluding hydrogens is 256 g/mol. The van der Waals surface area contributed by atoms with Gasteiger partial charge in [0.15, 0.2) is 0 Å². The fourth-order valence-corrected chi connectivity index (χ4v) is 1.88. The lowest BCUT2D eigenvalue weighted by molar-refractivity contribution is -0.145. The summed E-state index contributed by atoms with van der Waals surface area (Å²) in [5.41, 5.74) is 6.36. The summed E-state index contributed by atoms with van der Waals surface area (Å²) in [6.07, 6.45) is 2.33. The minimum Gasteiger partial charge on any atom is -0.467 e. The number of ether oxygens (including phenoxy) is 1. The van der Waals surface area contributed by atoms with Gasteiger partial charge in [-0.3, -0.25) is 4.79 Å². The number of methoxy groups -OCH3 is 1. The van der Waals surface area contributed by atoms with Crippen LogP contribution in [-0.4, -0.2) is 31.6 Å². The van der Waals surface area contributed by atoms with Crippen molar-refractivity contribution in [2.75, 3.05) is 13.7 Å². The van der Waals surface area contributed by atoms with Crippen LogP contribution in [0.2, 0.25) is 0 Å². The molecule has 0 saturated carbocycles. The molecule has 5 heteroatoms. The number of hydrogen-bond donors (Lipinski definition) is 2. The fourth-order valence-electron chi connectivity index (χ4n) is 1.88. The van der Waals surface area contributed by atoms with Crippen LogP contribution in [0.1, 0.15) is 24.8 Å². The Kier molecular flexibility index (Phi) is 7.35. The Morgan fingerprint density at radius 2 is 1.95 bits per heavy atom. The predicted molar refractivity (Wildman–Crippen MR) is 77.0 cm³/mol. The van der Waals surface area contributed by atoms with Crippen molar-refractivity contribution in [2.24, 2.45) is 5.73 Å². The van der Waals surface area contributed by atoms with Gasteiger partial charge in [-0.1, -0.05) is 30.3 Å². The minimum atomic E-state index is -0.646. The van der Waals surface area contributed by atoms with Crippen LogP contribution in [-0.2, 0) is 20.7 Å². The molecule has 110 valence electrons. The lowest BCUT2D eigenvalue weighted by atomic mass is 10.1. The molecule has 0 saturated heterocycles. The van der Waals surface area contributed by atoms with E-state index in [0.717, 1.165) is 18.4 Å². The van der Waals surface area contributed by atoms with Crippen molar-refractivity contribution in [3.05, 3.63) is 35.9 Å². The number of esters is 1. The highest BCUT2D eigenvalue weighted by atomic mass is 16.5. The summed E-state index contributed by atoms with van der Waals surface area (Å²) in [4.78, 5) is 23.5. The number of carbonyl (C=O) groups is 2. The van der Waals surface area contributed by atoms with E-state index in [1.165, 1.54) is 7.11 Å². The molecule has 0 aliphatic rings. The fraction of sp³-hybridized carbons (Fsp3) is 0.467. The van der Waals surface area contributed by atoms with Crippen LogP contribution in [0, 0.1) is 0 Å². The zero-order chi connectivity index (χ0) is 14.8. The SMILES string of the molecule is COC(=O)C(Cc1ccccc1)NC(=O)CCCCN. The smallest absolute Gasteiger partial charge is 0.328 e. The predicted octanol–water partition coefficient (Wildman–Crippen LogP) is 1.02. The molecule has 0 spiro atoms. The molecule has 0 bridgehead atoms. The first-order chi connectivity index (χ1) is 9.67. The van der Waals surface area contributed by atoms with E-state index in [4.69, 9.17) is 10.5 Å². The van der Waals surface area contributed by atoms with Gasteiger partial charge in [0.2, 0.25) is 5.91 Å². The van der Waals surface area contributed by atoms with Crippen LogP contribution < -0.4 is 11.1 Å². The van der Waals surface area contributed by atoms with E-state index in [1.54, 1.807) is 0 Å². The maximum Gasteiger partial charge on any atom is 0.328 e. The van der Waals surface area contributed by atoms with Gasteiger partial charge in [-0.15, -0.1) is 0 Å². The molecule has 0 aliphatic carbocycles. The molecule has 0 heterocycles. The summed E-state index contributed by atoms with van der Waals surface area (Å²) in [5.74, 6) is -0.578. The highest BCUT2D eigenvalue weighted by Gasteiger charge is 2.21. The summed E-state index contributed by atoms with van der Waals surface area (Å²) in [6.45, 7) is 0.567. The number of nitrogens with two attached hydrogens (primary N) is 1. The second-order valence-electron chi connectivity index (χ2n) is 4.58. The Hall–Kier alpha value is -1.88. The summed E-state index contributed by atoms with van der Waals surface area (Å²) >= 11 is 0. The standard InChI is InChI=1S/C15H22N2O3/c1-20-15(19)13(11-12-7-3-2-4-8-12)17-14(18)9-5-6-10-16/h2-4,7-8,13H,5-6,9-11,16H2,1H3,(H,17,18). The van der Waals surface area contributed by atoms with Gasteiger partial charge >= 0.3 is 5.97 Å². The number of benzene rings is 1. The third-order valence-electron chi connectivity index (χ3n) is 2.96. The molecule has 0 aromatic heterocycles. The average molecular weight is 278 g/mol. The van der Waals surface area contributed by atoms with Crippen molar-refractivity contribution in [3.8, 4) is 0 Å². The van der Waals surface area contributed by atoms with Gasteiger partial charge in [0.25, 0.3) is 0 Å². The van der Waals surface area contributed by atoms with Crippen LogP contribution in [0.25, 0.3) is 0 Å². The van der Waals surface area contributed by atoms with Crippen LogP contribution in [0.5, 0.6) is 0 Å². The quantitative estimate of drug-likeness (QED) is 0.549. The lowest BCUT2D eigenvalue weighted by Crippen LogP contribution is -2.43. The van der Waals surface area contributed by atoms with Gasteiger partial charge in [-0.25, -0.2) is 4.79 Å². The van der Waals surface area contributed by atoms with Gasteiger partial charge in [0.1, 0.15) is 6.04 Å². The number of carbonyl (C=O) groups excluding carboxylic acids is 2. The molecular formula is C15H22N2O3. The van der Waals surface area contributed by atoms with Crippen molar-refractivity contribution < 1.29 is 14.3 Å². The molecule has 20 heavy (non-hydrogen) atoms. The van der Waals surface area contributed by atoms with E-state index in [2.05, 4.69) is 5.32 Å². The van der Waals surface area contributed by atoms with Crippen LogP contribution in [0.4, 0.5) is 0 Å². The number of unbranched alkanes of at least 4 members (excludes halogenated alkanes) is 1. The normalized spacial score (nSPS) is 11.7. The number of amides is 1. The van der Waals surface area contributed by atoms with Crippen molar-refractivity contribution in [3.63, 3.8) is 0 Å². The second kappa shape index (κ2) is 9.09. The van der Waals surface area contributed by atoms with E-state index < -0.39 is 12.0 Å². The summed E-state index contributed by atoms with van der Waals surface area (Å²) in [6, 6.07) is 8.88. The van der Waals surface area contributed by atoms with Crippen molar-refractivity contribution in [1.82, 2.24) is 5.32 Å². The molecule has 1 aromatic rings. The first kappa shape index (κ1) is 16.2. The molecule has 0 radical (unpaired) electrons. The molecule has 1 atom stereocenters. The van der Waals surface area contributed by atoms with E-state index in [0.29, 0.717) is 19.4 Å². The molecule has 0 fully saturated rings. The topological polar surface area (TPSA) is 81.4 Å². The largest absolute Gasteiger partial charge is 0.467 e. The maximum atomic E-state index is 11.8. The monoisotopic (exact) mass is 278 g/mol. The zero-order valence-corrected chi connectivity index (χ0v) is 11.8. The summed E-state index contributed by atoms with van der Waals surface area (Å²) < 4.78 is 4.74. The third kappa shape index (κ3) is 5.84. The summed E-state index contributed by atoms with van der Waals surface area (Å²) in [5, 5.41) is 2.72. The molecule has 0 aliphatic heterocycles. The third-order valence-corrected chi connectivity index (χ3v) is 2.96. The van der Waals surface area contributed by atoms with Gasteiger partial charge in [0, 0.05) is 12.8 Å². The van der Waals surface area contributed by atoms with E-state index in [-0.39, 0.29) is 5.91 Å². The lowest BCUT2D eigenvalue weighted by Gasteiger charge is -2.16. The van der Waals surface area contributed by atoms with E-state index in [9.17, 15) is 9.59 Å². The molecule has 1 aromatic carbocycles. The van der Waals surface area contributed by atoms with E-state index >= 15 is 0 Å². The van der Waals surface area contributed by atoms with Crippen molar-refractivity contribution in [2.45, 2.75) is 31.7 Å². The Labute approximate surface area is 119 Å². The zero-order valence-electron chi connectivity index (χ0n) is 11.8. The number of rotatable bonds is 8. The molecule has 1 rings (SSSR count).